The molecule has 0 aromatic carbocycles. The van der Waals surface area contributed by atoms with E-state index in [4.69, 9.17) is 16.1 Å². The lowest BCUT2D eigenvalue weighted by Gasteiger charge is -2.04. The largest absolute Gasteiger partial charge is 0.340 e. The highest BCUT2D eigenvalue weighted by atomic mass is 35.5. The zero-order chi connectivity index (χ0) is 11.0. The van der Waals surface area contributed by atoms with Gasteiger partial charge in [-0.1, -0.05) is 5.16 Å². The third-order valence-electron chi connectivity index (χ3n) is 2.63. The molecule has 1 aliphatic rings. The maximum Gasteiger partial charge on any atom is 0.228 e. The van der Waals surface area contributed by atoms with Gasteiger partial charge in [-0.05, 0) is 24.4 Å². The van der Waals surface area contributed by atoms with Gasteiger partial charge in [0.15, 0.2) is 6.33 Å². The highest BCUT2D eigenvalue weighted by Gasteiger charge is 2.30. The Kier molecular flexibility index (Phi) is 2.36. The Bertz CT molecular complexity index is 476. The maximum atomic E-state index is 5.98. The van der Waals surface area contributed by atoms with E-state index in [0.717, 1.165) is 5.82 Å². The zero-order valence-corrected chi connectivity index (χ0v) is 9.26. The van der Waals surface area contributed by atoms with E-state index in [2.05, 4.69) is 20.3 Å². The highest BCUT2D eigenvalue weighted by Crippen LogP contribution is 2.39. The second-order valence-electron chi connectivity index (χ2n) is 3.84. The molecule has 1 saturated carbocycles. The molecule has 7 heteroatoms. The maximum absolute atomic E-state index is 5.98. The molecule has 1 fully saturated rings. The first kappa shape index (κ1) is 9.77. The second-order valence-corrected chi connectivity index (χ2v) is 4.18. The molecule has 0 amide bonds. The summed E-state index contributed by atoms with van der Waals surface area (Å²) in [6.07, 6.45) is 4.40. The van der Waals surface area contributed by atoms with Crippen molar-refractivity contribution in [1.82, 2.24) is 24.9 Å². The lowest BCUT2D eigenvalue weighted by atomic mass is 10.3. The lowest BCUT2D eigenvalue weighted by molar-refractivity contribution is 0.370. The molecule has 1 aliphatic carbocycles. The first-order valence-electron chi connectivity index (χ1n) is 5.19. The third-order valence-corrected chi connectivity index (χ3v) is 2.91. The summed E-state index contributed by atoms with van der Waals surface area (Å²) >= 11 is 5.98. The van der Waals surface area contributed by atoms with E-state index >= 15 is 0 Å². The van der Waals surface area contributed by atoms with E-state index in [1.807, 2.05) is 4.57 Å². The topological polar surface area (TPSA) is 69.6 Å². The van der Waals surface area contributed by atoms with Crippen LogP contribution in [0.25, 0.3) is 0 Å². The molecule has 0 saturated heterocycles. The molecule has 0 N–H and O–H groups in total. The molecule has 84 valence electrons. The van der Waals surface area contributed by atoms with E-state index < -0.39 is 0 Å². The summed E-state index contributed by atoms with van der Waals surface area (Å²) in [6, 6.07) is 0. The van der Waals surface area contributed by atoms with Crippen molar-refractivity contribution in [3.63, 3.8) is 0 Å². The van der Waals surface area contributed by atoms with Crippen molar-refractivity contribution in [3.8, 4) is 0 Å². The quantitative estimate of drug-likeness (QED) is 0.807. The fraction of sp³-hybridized carbons (Fsp3) is 0.556. The number of halogens is 1. The molecule has 0 bridgehead atoms. The monoisotopic (exact) mass is 239 g/mol. The van der Waals surface area contributed by atoms with E-state index in [1.54, 1.807) is 0 Å². The van der Waals surface area contributed by atoms with Crippen LogP contribution in [0.1, 0.15) is 30.5 Å². The number of aromatic nitrogens is 5. The Morgan fingerprint density at radius 1 is 1.44 bits per heavy atom. The molecule has 6 nitrogen and oxygen atoms in total. The number of hydrogen-bond donors (Lipinski definition) is 0. The minimum Gasteiger partial charge on any atom is -0.340 e. The number of rotatable bonds is 4. The predicted octanol–water partition coefficient (Wildman–Crippen LogP) is 1.43. The number of nitrogens with zero attached hydrogens (tertiary/aromatic N) is 5. The molecule has 2 aromatic heterocycles. The van der Waals surface area contributed by atoms with Crippen LogP contribution in [-0.2, 0) is 13.0 Å². The summed E-state index contributed by atoms with van der Waals surface area (Å²) < 4.78 is 6.85. The predicted molar refractivity (Wildman–Crippen MR) is 55.0 cm³/mol. The van der Waals surface area contributed by atoms with Crippen molar-refractivity contribution in [2.75, 3.05) is 0 Å². The summed E-state index contributed by atoms with van der Waals surface area (Å²) in [5, 5.41) is 12.0. The molecule has 0 atom stereocenters. The van der Waals surface area contributed by atoms with Gasteiger partial charge < -0.3 is 9.09 Å². The van der Waals surface area contributed by atoms with Gasteiger partial charge in [0.25, 0.3) is 0 Å². The Morgan fingerprint density at radius 2 is 2.31 bits per heavy atom. The standard InChI is InChI=1S/C9H10ClN5O/c10-9-14-13-8(6-1-2-6)15(9)4-3-7-11-5-12-16-7/h5-6H,1-4H2. The molecule has 2 heterocycles. The van der Waals surface area contributed by atoms with Crippen molar-refractivity contribution in [1.29, 1.82) is 0 Å². The van der Waals surface area contributed by atoms with Gasteiger partial charge in [0.2, 0.25) is 11.2 Å². The van der Waals surface area contributed by atoms with E-state index in [1.165, 1.54) is 19.2 Å². The van der Waals surface area contributed by atoms with Gasteiger partial charge in [0.1, 0.15) is 5.82 Å². The van der Waals surface area contributed by atoms with Crippen LogP contribution in [0.4, 0.5) is 0 Å². The fourth-order valence-corrected chi connectivity index (χ4v) is 1.87. The summed E-state index contributed by atoms with van der Waals surface area (Å²) in [5.41, 5.74) is 0. The highest BCUT2D eigenvalue weighted by molar-refractivity contribution is 6.28. The first-order valence-corrected chi connectivity index (χ1v) is 5.56. The third kappa shape index (κ3) is 1.80. The molecule has 3 rings (SSSR count). The van der Waals surface area contributed by atoms with Gasteiger partial charge in [-0.2, -0.15) is 4.98 Å². The van der Waals surface area contributed by atoms with Crippen LogP contribution in [0, 0.1) is 0 Å². The summed E-state index contributed by atoms with van der Waals surface area (Å²) in [6.45, 7) is 0.680. The fourth-order valence-electron chi connectivity index (χ4n) is 1.66. The number of hydrogen-bond acceptors (Lipinski definition) is 5. The van der Waals surface area contributed by atoms with Crippen molar-refractivity contribution in [3.05, 3.63) is 23.3 Å². The normalized spacial score (nSPS) is 15.6. The molecular weight excluding hydrogens is 230 g/mol. The van der Waals surface area contributed by atoms with Gasteiger partial charge in [0, 0.05) is 18.9 Å². The summed E-state index contributed by atoms with van der Waals surface area (Å²) in [4.78, 5) is 3.96. The zero-order valence-electron chi connectivity index (χ0n) is 8.51. The van der Waals surface area contributed by atoms with Crippen molar-refractivity contribution in [2.24, 2.45) is 0 Å². The van der Waals surface area contributed by atoms with Gasteiger partial charge in [-0.25, -0.2) is 0 Å². The van der Waals surface area contributed by atoms with Gasteiger partial charge in [0.05, 0.1) is 0 Å². The summed E-state index contributed by atoms with van der Waals surface area (Å²) in [7, 11) is 0. The van der Waals surface area contributed by atoms with Crippen LogP contribution < -0.4 is 0 Å². The van der Waals surface area contributed by atoms with Crippen LogP contribution in [0.3, 0.4) is 0 Å². The Morgan fingerprint density at radius 3 is 3.00 bits per heavy atom. The van der Waals surface area contributed by atoms with Crippen LogP contribution in [0.15, 0.2) is 10.9 Å². The average Bonchev–Trinajstić information content (AvgIpc) is 2.87. The van der Waals surface area contributed by atoms with Crippen molar-refractivity contribution < 1.29 is 4.52 Å². The summed E-state index contributed by atoms with van der Waals surface area (Å²) in [5.74, 6) is 2.11. The van der Waals surface area contributed by atoms with Crippen LogP contribution in [0.2, 0.25) is 5.28 Å². The Balaban J connectivity index is 1.75. The van der Waals surface area contributed by atoms with Gasteiger partial charge in [-0.3, -0.25) is 0 Å². The second kappa shape index (κ2) is 3.86. The first-order chi connectivity index (χ1) is 7.84. The minimum absolute atomic E-state index is 0.432. The van der Waals surface area contributed by atoms with Crippen LogP contribution in [0.5, 0.6) is 0 Å². The SMILES string of the molecule is Clc1nnc(C2CC2)n1CCc1ncno1. The molecule has 0 aliphatic heterocycles. The molecular formula is C9H10ClN5O. The van der Waals surface area contributed by atoms with Crippen molar-refractivity contribution >= 4 is 11.6 Å². The lowest BCUT2D eigenvalue weighted by Crippen LogP contribution is -2.06. The number of aryl methyl sites for hydroxylation is 1. The van der Waals surface area contributed by atoms with Gasteiger partial charge >= 0.3 is 0 Å². The molecule has 0 radical (unpaired) electrons. The van der Waals surface area contributed by atoms with Crippen LogP contribution in [-0.4, -0.2) is 24.9 Å². The molecule has 2 aromatic rings. The smallest absolute Gasteiger partial charge is 0.228 e. The van der Waals surface area contributed by atoms with E-state index in [9.17, 15) is 0 Å². The average molecular weight is 240 g/mol. The minimum atomic E-state index is 0.432. The van der Waals surface area contributed by atoms with E-state index in [0.29, 0.717) is 30.1 Å². The van der Waals surface area contributed by atoms with Crippen LogP contribution >= 0.6 is 11.6 Å². The van der Waals surface area contributed by atoms with Crippen molar-refractivity contribution in [2.45, 2.75) is 31.7 Å². The molecule has 0 unspecified atom stereocenters. The Hall–Kier alpha value is -1.43. The molecule has 16 heavy (non-hydrogen) atoms. The van der Waals surface area contributed by atoms with E-state index in [-0.39, 0.29) is 0 Å². The molecule has 0 spiro atoms. The Labute approximate surface area is 96.6 Å². The van der Waals surface area contributed by atoms with Gasteiger partial charge in [-0.15, -0.1) is 10.2 Å².